The van der Waals surface area contributed by atoms with Gasteiger partial charge < -0.3 is 104 Å². The topological polar surface area (TPSA) is 358 Å². The lowest BCUT2D eigenvalue weighted by Crippen LogP contribution is -2.65. The molecule has 1 aromatic heterocycles. The molecule has 22 heteroatoms. The van der Waals surface area contributed by atoms with Gasteiger partial charge in [0.15, 0.2) is 29.7 Å². The van der Waals surface area contributed by atoms with E-state index in [-0.39, 0.29) is 22.8 Å². The molecule has 0 bridgehead atoms. The fourth-order valence-corrected chi connectivity index (χ4v) is 6.49. The van der Waals surface area contributed by atoms with Crippen molar-refractivity contribution >= 4 is 11.0 Å². The Morgan fingerprint density at radius 2 is 1.18 bits per heavy atom. The van der Waals surface area contributed by atoms with Gasteiger partial charge in [-0.1, -0.05) is 0 Å². The Labute approximate surface area is 314 Å². The average molecular weight is 803 g/mol. The highest BCUT2D eigenvalue weighted by Crippen LogP contribution is 2.41. The first kappa shape index (κ1) is 41.7. The second kappa shape index (κ2) is 16.9. The molecule has 7 unspecified atom stereocenters. The number of aliphatic hydroxyl groups excluding tert-OH is 11. The van der Waals surface area contributed by atoms with E-state index in [9.17, 15) is 71.2 Å². The molecule has 0 radical (unpaired) electrons. The Hall–Kier alpha value is -3.95. The maximum atomic E-state index is 14.3. The van der Waals surface area contributed by atoms with Gasteiger partial charge in [-0.05, 0) is 18.2 Å². The molecule has 2 aromatic carbocycles. The summed E-state index contributed by atoms with van der Waals surface area (Å²) in [6.07, 6.45) is -26.9. The standard InChI is InChI=1S/C34H42O22/c1-49-14-4-10(2-3-12(14)38)29-30(23(43)19-13(39)5-11(6-15(19)51-29)50-32-27(47)24(44)20(40)16(7-35)52-32)55-34-31(26(46)22(42)18(9-37)54-34)56-33-28(48)25(45)21(41)17(8-36)53-33/h2-6,16-18,20-22,24-28,31-42,44-48H,7-9H2,1H3/t16?,17?,18?,20-,21-,22+,24+,25?,26?,27?,28-,31?,32-,33+,34+/m1/s1. The first-order valence-corrected chi connectivity index (χ1v) is 17.1. The molecule has 4 heterocycles. The predicted octanol–water partition coefficient (Wildman–Crippen LogP) is -4.94. The van der Waals surface area contributed by atoms with Crippen LogP contribution in [0.25, 0.3) is 22.3 Å². The van der Waals surface area contributed by atoms with Crippen molar-refractivity contribution in [2.75, 3.05) is 26.9 Å². The van der Waals surface area contributed by atoms with Crippen LogP contribution in [0.4, 0.5) is 0 Å². The van der Waals surface area contributed by atoms with Gasteiger partial charge >= 0.3 is 0 Å². The molecule has 56 heavy (non-hydrogen) atoms. The van der Waals surface area contributed by atoms with Gasteiger partial charge in [-0.3, -0.25) is 4.79 Å². The summed E-state index contributed by atoms with van der Waals surface area (Å²) in [6, 6.07) is 5.63. The van der Waals surface area contributed by atoms with Crippen molar-refractivity contribution in [2.45, 2.75) is 92.1 Å². The molecule has 3 aliphatic rings. The lowest BCUT2D eigenvalue weighted by Gasteiger charge is -2.45. The normalized spacial score (nSPS) is 36.3. The second-order valence-corrected chi connectivity index (χ2v) is 13.2. The van der Waals surface area contributed by atoms with Crippen molar-refractivity contribution in [1.82, 2.24) is 0 Å². The number of phenolic OH excluding ortho intramolecular Hbond substituents is 2. The van der Waals surface area contributed by atoms with Crippen molar-refractivity contribution in [2.24, 2.45) is 0 Å². The third kappa shape index (κ3) is 7.70. The first-order valence-electron chi connectivity index (χ1n) is 17.1. The second-order valence-electron chi connectivity index (χ2n) is 13.2. The molecule has 0 spiro atoms. The van der Waals surface area contributed by atoms with Crippen molar-refractivity contribution in [3.63, 3.8) is 0 Å². The van der Waals surface area contributed by atoms with Crippen LogP contribution >= 0.6 is 0 Å². The van der Waals surface area contributed by atoms with E-state index in [1.165, 1.54) is 25.3 Å². The number of hydrogen-bond donors (Lipinski definition) is 13. The fourth-order valence-electron chi connectivity index (χ4n) is 6.49. The molecule has 3 saturated heterocycles. The van der Waals surface area contributed by atoms with Crippen molar-refractivity contribution < 1.29 is 104 Å². The van der Waals surface area contributed by atoms with Crippen LogP contribution in [0.5, 0.6) is 28.7 Å². The summed E-state index contributed by atoms with van der Waals surface area (Å²) < 4.78 is 45.0. The van der Waals surface area contributed by atoms with Crippen LogP contribution in [-0.4, -0.2) is 185 Å². The van der Waals surface area contributed by atoms with Crippen molar-refractivity contribution in [3.05, 3.63) is 40.6 Å². The van der Waals surface area contributed by atoms with Crippen LogP contribution in [0, 0.1) is 0 Å². The van der Waals surface area contributed by atoms with Gasteiger partial charge in [0, 0.05) is 17.7 Å². The Balaban J connectivity index is 1.44. The van der Waals surface area contributed by atoms with E-state index in [0.29, 0.717) is 0 Å². The minimum atomic E-state index is -2.03. The number of ether oxygens (including phenoxy) is 7. The van der Waals surface area contributed by atoms with Gasteiger partial charge in [-0.15, -0.1) is 0 Å². The molecule has 22 nitrogen and oxygen atoms in total. The number of rotatable bonds is 11. The number of phenols is 2. The van der Waals surface area contributed by atoms with Gasteiger partial charge in [0.2, 0.25) is 23.8 Å². The van der Waals surface area contributed by atoms with E-state index in [2.05, 4.69) is 0 Å². The first-order chi connectivity index (χ1) is 26.6. The van der Waals surface area contributed by atoms with Gasteiger partial charge in [0.05, 0.1) is 26.9 Å². The number of hydrogen-bond acceptors (Lipinski definition) is 22. The fraction of sp³-hybridized carbons (Fsp3) is 0.559. The van der Waals surface area contributed by atoms with E-state index in [0.717, 1.165) is 12.1 Å². The third-order valence-electron chi connectivity index (χ3n) is 9.65. The predicted molar refractivity (Wildman–Crippen MR) is 179 cm³/mol. The lowest BCUT2D eigenvalue weighted by atomic mass is 9.97. The van der Waals surface area contributed by atoms with E-state index >= 15 is 0 Å². The monoisotopic (exact) mass is 802 g/mol. The summed E-state index contributed by atoms with van der Waals surface area (Å²) in [7, 11) is 1.23. The summed E-state index contributed by atoms with van der Waals surface area (Å²) in [5.41, 5.74) is -1.54. The van der Waals surface area contributed by atoms with Crippen LogP contribution in [0.1, 0.15) is 0 Å². The summed E-state index contributed by atoms with van der Waals surface area (Å²) in [6.45, 7) is -2.52. The molecular weight excluding hydrogens is 760 g/mol. The summed E-state index contributed by atoms with van der Waals surface area (Å²) in [4.78, 5) is 14.3. The van der Waals surface area contributed by atoms with Gasteiger partial charge in [0.1, 0.15) is 89.6 Å². The highest BCUT2D eigenvalue weighted by molar-refractivity contribution is 5.88. The largest absolute Gasteiger partial charge is 0.507 e. The minimum absolute atomic E-state index is 0.0186. The minimum Gasteiger partial charge on any atom is -0.507 e. The Kier molecular flexibility index (Phi) is 12.6. The van der Waals surface area contributed by atoms with Crippen LogP contribution < -0.4 is 19.6 Å². The SMILES string of the molecule is COc1cc(-c2oc3cc(O[C@@H]4OC(CO)[C@@H](O)[C@H](O)C4O)cc(O)c3c(=O)c2O[C@@H]2OC(CO)[C@H](O)C(O)C2O[C@@H]2OC(CO)[C@@H](O)C(O)[C@H]2O)ccc1O. The van der Waals surface area contributed by atoms with Gasteiger partial charge in [0.25, 0.3) is 0 Å². The van der Waals surface area contributed by atoms with E-state index in [1.807, 2.05) is 0 Å². The molecule has 3 aliphatic heterocycles. The molecule has 0 saturated carbocycles. The molecule has 13 N–H and O–H groups in total. The summed E-state index contributed by atoms with van der Waals surface area (Å²) in [5, 5.41) is 134. The maximum absolute atomic E-state index is 14.3. The number of aromatic hydroxyl groups is 2. The molecular formula is C34H42O22. The average Bonchev–Trinajstić information content (AvgIpc) is 3.18. The maximum Gasteiger partial charge on any atom is 0.239 e. The number of fused-ring (bicyclic) bond motifs is 1. The molecule has 3 aromatic rings. The van der Waals surface area contributed by atoms with Gasteiger partial charge in [-0.25, -0.2) is 0 Å². The van der Waals surface area contributed by atoms with Crippen LogP contribution in [0.3, 0.4) is 0 Å². The number of methoxy groups -OCH3 is 1. The Bertz CT molecular complexity index is 1880. The molecule has 310 valence electrons. The zero-order chi connectivity index (χ0) is 40.7. The number of benzene rings is 2. The highest BCUT2D eigenvalue weighted by atomic mass is 16.8. The van der Waals surface area contributed by atoms with E-state index in [4.69, 9.17) is 37.6 Å². The molecule has 15 atom stereocenters. The number of aliphatic hydroxyl groups is 11. The third-order valence-corrected chi connectivity index (χ3v) is 9.65. The molecule has 6 rings (SSSR count). The summed E-state index contributed by atoms with van der Waals surface area (Å²) in [5.74, 6) is -2.79. The summed E-state index contributed by atoms with van der Waals surface area (Å²) >= 11 is 0. The molecule has 3 fully saturated rings. The zero-order valence-electron chi connectivity index (χ0n) is 29.2. The van der Waals surface area contributed by atoms with Crippen LogP contribution in [0.2, 0.25) is 0 Å². The molecule has 0 aliphatic carbocycles. The van der Waals surface area contributed by atoms with Crippen molar-refractivity contribution in [1.29, 1.82) is 0 Å². The van der Waals surface area contributed by atoms with E-state index < -0.39 is 146 Å². The highest BCUT2D eigenvalue weighted by Gasteiger charge is 2.52. The Morgan fingerprint density at radius 1 is 0.625 bits per heavy atom. The van der Waals surface area contributed by atoms with E-state index in [1.54, 1.807) is 0 Å². The van der Waals surface area contributed by atoms with Crippen LogP contribution in [0.15, 0.2) is 39.5 Å². The van der Waals surface area contributed by atoms with Crippen molar-refractivity contribution in [3.8, 4) is 40.1 Å². The zero-order valence-corrected chi connectivity index (χ0v) is 29.2. The van der Waals surface area contributed by atoms with Crippen LogP contribution in [-0.2, 0) is 18.9 Å². The van der Waals surface area contributed by atoms with Gasteiger partial charge in [-0.2, -0.15) is 0 Å². The Morgan fingerprint density at radius 3 is 1.77 bits per heavy atom. The lowest BCUT2D eigenvalue weighted by molar-refractivity contribution is -0.358. The smallest absolute Gasteiger partial charge is 0.239 e. The quantitative estimate of drug-likeness (QED) is 0.0863. The molecule has 0 amide bonds.